The molecule has 0 spiro atoms. The van der Waals surface area contributed by atoms with Gasteiger partial charge in [0.05, 0.1) is 13.7 Å². The highest BCUT2D eigenvalue weighted by Crippen LogP contribution is 2.29. The molecular formula is C26H38N4O2. The first-order chi connectivity index (χ1) is 15.8. The molecule has 0 saturated carbocycles. The molecule has 0 aliphatic carbocycles. The number of nitrogens with one attached hydrogen (secondary N) is 1. The van der Waals surface area contributed by atoms with Crippen LogP contribution in [0.5, 0.6) is 11.5 Å². The number of methoxy groups -OCH3 is 1. The summed E-state index contributed by atoms with van der Waals surface area (Å²) in [6, 6.07) is 8.23. The Balaban J connectivity index is 1.31. The molecule has 32 heavy (non-hydrogen) atoms. The van der Waals surface area contributed by atoms with Gasteiger partial charge in [0.25, 0.3) is 0 Å². The van der Waals surface area contributed by atoms with Crippen LogP contribution in [-0.4, -0.2) is 61.3 Å². The van der Waals surface area contributed by atoms with Crippen LogP contribution in [0.4, 0.5) is 0 Å². The highest BCUT2D eigenvalue weighted by atomic mass is 16.5. The molecule has 6 heteroatoms. The van der Waals surface area contributed by atoms with Crippen molar-refractivity contribution < 1.29 is 9.47 Å². The van der Waals surface area contributed by atoms with Gasteiger partial charge in [-0.15, -0.1) is 0 Å². The van der Waals surface area contributed by atoms with Gasteiger partial charge in [0.2, 0.25) is 0 Å². The fourth-order valence-electron chi connectivity index (χ4n) is 4.79. The molecule has 0 atom stereocenters. The van der Waals surface area contributed by atoms with Gasteiger partial charge in [-0.1, -0.05) is 6.07 Å². The number of nitrogens with zero attached hydrogens (tertiary/aromatic N) is 3. The molecule has 2 fully saturated rings. The van der Waals surface area contributed by atoms with Crippen molar-refractivity contribution in [2.24, 2.45) is 5.92 Å². The number of piperidine rings is 1. The van der Waals surface area contributed by atoms with Crippen LogP contribution >= 0.6 is 0 Å². The second-order valence-electron chi connectivity index (χ2n) is 9.11. The average molecular weight is 439 g/mol. The molecule has 174 valence electrons. The monoisotopic (exact) mass is 438 g/mol. The van der Waals surface area contributed by atoms with Gasteiger partial charge in [0.1, 0.15) is 5.82 Å². The molecule has 6 nitrogen and oxygen atoms in total. The van der Waals surface area contributed by atoms with Gasteiger partial charge in [-0.3, -0.25) is 0 Å². The van der Waals surface area contributed by atoms with Crippen LogP contribution in [0, 0.1) is 5.92 Å². The van der Waals surface area contributed by atoms with E-state index in [1.165, 1.54) is 50.8 Å². The number of aryl methyl sites for hydroxylation is 1. The van der Waals surface area contributed by atoms with Crippen LogP contribution < -0.4 is 14.8 Å². The van der Waals surface area contributed by atoms with Gasteiger partial charge in [-0.2, -0.15) is 0 Å². The van der Waals surface area contributed by atoms with E-state index in [1.807, 2.05) is 18.3 Å². The maximum Gasteiger partial charge on any atom is 0.161 e. The molecule has 2 aliphatic heterocycles. The first-order valence-electron chi connectivity index (χ1n) is 12.3. The highest BCUT2D eigenvalue weighted by Gasteiger charge is 2.14. The van der Waals surface area contributed by atoms with Crippen molar-refractivity contribution >= 4 is 0 Å². The van der Waals surface area contributed by atoms with E-state index in [0.717, 1.165) is 67.8 Å². The molecular weight excluding hydrogens is 400 g/mol. The van der Waals surface area contributed by atoms with E-state index in [0.29, 0.717) is 6.61 Å². The molecule has 4 rings (SSSR count). The van der Waals surface area contributed by atoms with Crippen LogP contribution in [-0.2, 0) is 12.8 Å². The lowest BCUT2D eigenvalue weighted by Crippen LogP contribution is -2.28. The van der Waals surface area contributed by atoms with Crippen molar-refractivity contribution in [3.05, 3.63) is 47.5 Å². The van der Waals surface area contributed by atoms with Gasteiger partial charge in [-0.25, -0.2) is 9.97 Å². The van der Waals surface area contributed by atoms with E-state index in [1.54, 1.807) is 7.11 Å². The lowest BCUT2D eigenvalue weighted by molar-refractivity contribution is 0.254. The summed E-state index contributed by atoms with van der Waals surface area (Å²) in [6.07, 6.45) is 11.1. The molecule has 2 aliphatic rings. The van der Waals surface area contributed by atoms with Crippen molar-refractivity contribution in [1.82, 2.24) is 20.2 Å². The minimum Gasteiger partial charge on any atom is -0.493 e. The molecule has 2 aromatic rings. The Kier molecular flexibility index (Phi) is 8.74. The molecule has 0 bridgehead atoms. The average Bonchev–Trinajstić information content (AvgIpc) is 3.35. The number of aromatic nitrogens is 2. The van der Waals surface area contributed by atoms with Crippen molar-refractivity contribution in [3.8, 4) is 11.5 Å². The molecule has 2 saturated heterocycles. The molecule has 0 radical (unpaired) electrons. The Hall–Kier alpha value is -2.18. The third-order valence-corrected chi connectivity index (χ3v) is 6.69. The molecule has 0 unspecified atom stereocenters. The smallest absolute Gasteiger partial charge is 0.161 e. The van der Waals surface area contributed by atoms with Gasteiger partial charge in [0, 0.05) is 31.3 Å². The van der Waals surface area contributed by atoms with E-state index in [9.17, 15) is 0 Å². The van der Waals surface area contributed by atoms with E-state index in [4.69, 9.17) is 14.5 Å². The maximum absolute atomic E-state index is 6.11. The van der Waals surface area contributed by atoms with Crippen molar-refractivity contribution in [3.63, 3.8) is 0 Å². The van der Waals surface area contributed by atoms with Crippen LogP contribution in [0.15, 0.2) is 30.5 Å². The molecule has 1 aromatic heterocycles. The van der Waals surface area contributed by atoms with E-state index < -0.39 is 0 Å². The van der Waals surface area contributed by atoms with Gasteiger partial charge >= 0.3 is 0 Å². The topological polar surface area (TPSA) is 59.5 Å². The number of ether oxygens (including phenoxy) is 2. The molecule has 0 amide bonds. The van der Waals surface area contributed by atoms with Crippen LogP contribution in [0.2, 0.25) is 0 Å². The number of rotatable bonds is 11. The van der Waals surface area contributed by atoms with Gasteiger partial charge < -0.3 is 19.7 Å². The third kappa shape index (κ3) is 6.91. The summed E-state index contributed by atoms with van der Waals surface area (Å²) >= 11 is 0. The Morgan fingerprint density at radius 1 is 1.09 bits per heavy atom. The SMILES string of the molecule is COc1ccc(Cc2ccnc(CCC3CCNCC3)n2)cc1OCCCN1CCCC1. The molecule has 3 heterocycles. The summed E-state index contributed by atoms with van der Waals surface area (Å²) in [5, 5.41) is 3.44. The maximum atomic E-state index is 6.11. The Bertz CT molecular complexity index is 832. The summed E-state index contributed by atoms with van der Waals surface area (Å²) in [4.78, 5) is 11.9. The summed E-state index contributed by atoms with van der Waals surface area (Å²) in [6.45, 7) is 6.58. The number of benzene rings is 1. The fourth-order valence-corrected chi connectivity index (χ4v) is 4.79. The third-order valence-electron chi connectivity index (χ3n) is 6.69. The standard InChI is InChI=1S/C26H38N4O2/c1-31-24-7-5-22(20-25(24)32-18-4-17-30-15-2-3-16-30)19-23-11-14-28-26(29-23)8-6-21-9-12-27-13-10-21/h5,7,11,14,20-21,27H,2-4,6,8-10,12-13,15-19H2,1H3. The highest BCUT2D eigenvalue weighted by molar-refractivity contribution is 5.43. The number of hydrogen-bond acceptors (Lipinski definition) is 6. The minimum atomic E-state index is 0.713. The van der Waals surface area contributed by atoms with Crippen molar-refractivity contribution in [2.45, 2.75) is 51.4 Å². The van der Waals surface area contributed by atoms with E-state index in [-0.39, 0.29) is 0 Å². The zero-order valence-electron chi connectivity index (χ0n) is 19.5. The summed E-state index contributed by atoms with van der Waals surface area (Å²) in [5.74, 6) is 3.38. The van der Waals surface area contributed by atoms with Crippen molar-refractivity contribution in [1.29, 1.82) is 0 Å². The second-order valence-corrected chi connectivity index (χ2v) is 9.11. The quantitative estimate of drug-likeness (QED) is 0.538. The van der Waals surface area contributed by atoms with Gasteiger partial charge in [-0.05, 0) is 94.4 Å². The summed E-state index contributed by atoms with van der Waals surface area (Å²) < 4.78 is 11.6. The second kappa shape index (κ2) is 12.2. The first-order valence-corrected chi connectivity index (χ1v) is 12.3. The fraction of sp³-hybridized carbons (Fsp3) is 0.615. The lowest BCUT2D eigenvalue weighted by atomic mass is 9.93. The minimum absolute atomic E-state index is 0.713. The van der Waals surface area contributed by atoms with Crippen LogP contribution in [0.25, 0.3) is 0 Å². The summed E-state index contributed by atoms with van der Waals surface area (Å²) in [7, 11) is 1.70. The van der Waals surface area contributed by atoms with E-state index >= 15 is 0 Å². The Labute approximate surface area is 192 Å². The van der Waals surface area contributed by atoms with Crippen LogP contribution in [0.1, 0.15) is 55.6 Å². The number of hydrogen-bond donors (Lipinski definition) is 1. The predicted octanol–water partition coefficient (Wildman–Crippen LogP) is 3.87. The summed E-state index contributed by atoms with van der Waals surface area (Å²) in [5.41, 5.74) is 2.24. The van der Waals surface area contributed by atoms with Gasteiger partial charge in [0.15, 0.2) is 11.5 Å². The molecule has 1 aromatic carbocycles. The van der Waals surface area contributed by atoms with Crippen molar-refractivity contribution in [2.75, 3.05) is 46.4 Å². The number of likely N-dealkylation sites (tertiary alicyclic amines) is 1. The van der Waals surface area contributed by atoms with E-state index in [2.05, 4.69) is 27.3 Å². The Morgan fingerprint density at radius 3 is 2.75 bits per heavy atom. The van der Waals surface area contributed by atoms with Crippen LogP contribution in [0.3, 0.4) is 0 Å². The lowest BCUT2D eigenvalue weighted by Gasteiger charge is -2.22. The zero-order chi connectivity index (χ0) is 22.0. The zero-order valence-corrected chi connectivity index (χ0v) is 19.5. The Morgan fingerprint density at radius 2 is 1.94 bits per heavy atom. The predicted molar refractivity (Wildman–Crippen MR) is 128 cm³/mol. The first kappa shape index (κ1) is 23.0. The molecule has 1 N–H and O–H groups in total. The largest absolute Gasteiger partial charge is 0.493 e. The normalized spacial score (nSPS) is 17.5.